The molecule has 0 aliphatic heterocycles. The minimum atomic E-state index is -0.587. The molecule has 2 aromatic rings. The van der Waals surface area contributed by atoms with Crippen LogP contribution in [0.2, 0.25) is 0 Å². The van der Waals surface area contributed by atoms with Gasteiger partial charge in [-0.15, -0.1) is 0 Å². The molecule has 0 saturated carbocycles. The van der Waals surface area contributed by atoms with Crippen molar-refractivity contribution in [1.29, 1.82) is 0 Å². The van der Waals surface area contributed by atoms with Crippen LogP contribution in [0.1, 0.15) is 15.9 Å². The molecule has 2 rings (SSSR count). The van der Waals surface area contributed by atoms with E-state index in [9.17, 15) is 15.0 Å². The maximum atomic E-state index is 12.0. The van der Waals surface area contributed by atoms with Crippen molar-refractivity contribution in [3.05, 3.63) is 53.6 Å². The van der Waals surface area contributed by atoms with E-state index in [0.29, 0.717) is 12.1 Å². The normalized spacial score (nSPS) is 10.2. The van der Waals surface area contributed by atoms with Crippen molar-refractivity contribution in [3.8, 4) is 11.5 Å². The molecular formula is C15H15NO4. The number of hydrogen-bond acceptors (Lipinski definition) is 4. The lowest BCUT2D eigenvalue weighted by molar-refractivity contribution is 0.102. The number of aliphatic hydroxyl groups is 1. The summed E-state index contributed by atoms with van der Waals surface area (Å²) in [5.41, 5.74) is 1.34. The van der Waals surface area contributed by atoms with Crippen LogP contribution in [0.15, 0.2) is 42.5 Å². The monoisotopic (exact) mass is 273 g/mol. The van der Waals surface area contributed by atoms with Gasteiger partial charge in [-0.1, -0.05) is 18.2 Å². The lowest BCUT2D eigenvalue weighted by Gasteiger charge is -2.09. The zero-order valence-electron chi connectivity index (χ0n) is 10.7. The highest BCUT2D eigenvalue weighted by molar-refractivity contribution is 6.08. The zero-order valence-corrected chi connectivity index (χ0v) is 10.7. The number of rotatable bonds is 4. The van der Waals surface area contributed by atoms with E-state index in [2.05, 4.69) is 5.32 Å². The topological polar surface area (TPSA) is 89.8 Å². The maximum Gasteiger partial charge on any atom is 0.263 e. The molecule has 4 N–H and O–H groups in total. The molecule has 0 fully saturated rings. The first-order valence-electron chi connectivity index (χ1n) is 6.14. The van der Waals surface area contributed by atoms with Gasteiger partial charge < -0.3 is 20.6 Å². The van der Waals surface area contributed by atoms with Crippen LogP contribution >= 0.6 is 0 Å². The van der Waals surface area contributed by atoms with Gasteiger partial charge in [0.1, 0.15) is 17.1 Å². The molecule has 0 saturated heterocycles. The largest absolute Gasteiger partial charge is 0.507 e. The predicted octanol–water partition coefficient (Wildman–Crippen LogP) is 1.88. The first-order chi connectivity index (χ1) is 9.61. The minimum absolute atomic E-state index is 0.0669. The summed E-state index contributed by atoms with van der Waals surface area (Å²) >= 11 is 0. The summed E-state index contributed by atoms with van der Waals surface area (Å²) in [4.78, 5) is 12.0. The number of phenolic OH excluding ortho intramolecular Hbond substituents is 2. The quantitative estimate of drug-likeness (QED) is 0.684. The highest BCUT2D eigenvalue weighted by Gasteiger charge is 2.15. The number of carbonyl (C=O) groups is 1. The lowest BCUT2D eigenvalue weighted by atomic mass is 10.1. The predicted molar refractivity (Wildman–Crippen MR) is 75.0 cm³/mol. The first-order valence-corrected chi connectivity index (χ1v) is 6.14. The number of amides is 1. The number of hydrogen-bond donors (Lipinski definition) is 4. The van der Waals surface area contributed by atoms with Crippen LogP contribution in [0.5, 0.6) is 11.5 Å². The van der Waals surface area contributed by atoms with Crippen LogP contribution in [0.25, 0.3) is 0 Å². The second-order valence-corrected chi connectivity index (χ2v) is 4.30. The SMILES string of the molecule is O=C(Nc1ccc(CCO)cc1)c1c(O)cccc1O. The molecular weight excluding hydrogens is 258 g/mol. The molecule has 0 aliphatic carbocycles. The number of nitrogens with one attached hydrogen (secondary N) is 1. The summed E-state index contributed by atoms with van der Waals surface area (Å²) in [5, 5.41) is 30.6. The molecule has 0 aromatic heterocycles. The van der Waals surface area contributed by atoms with Gasteiger partial charge in [0.2, 0.25) is 0 Å². The molecule has 20 heavy (non-hydrogen) atoms. The molecule has 1 amide bonds. The first kappa shape index (κ1) is 13.9. The fourth-order valence-corrected chi connectivity index (χ4v) is 1.84. The van der Waals surface area contributed by atoms with E-state index in [1.807, 2.05) is 0 Å². The minimum Gasteiger partial charge on any atom is -0.507 e. The van der Waals surface area contributed by atoms with Gasteiger partial charge in [0, 0.05) is 12.3 Å². The van der Waals surface area contributed by atoms with E-state index in [1.54, 1.807) is 24.3 Å². The lowest BCUT2D eigenvalue weighted by Crippen LogP contribution is -2.12. The highest BCUT2D eigenvalue weighted by Crippen LogP contribution is 2.27. The van der Waals surface area contributed by atoms with Crippen LogP contribution in [-0.4, -0.2) is 27.8 Å². The highest BCUT2D eigenvalue weighted by atomic mass is 16.3. The van der Waals surface area contributed by atoms with Crippen LogP contribution in [0, 0.1) is 0 Å². The summed E-state index contributed by atoms with van der Waals surface area (Å²) < 4.78 is 0. The standard InChI is InChI=1S/C15H15NO4/c17-9-8-10-4-6-11(7-5-10)16-15(20)14-12(18)2-1-3-13(14)19/h1-7,17-19H,8-9H2,(H,16,20). The Kier molecular flexibility index (Phi) is 4.22. The molecule has 0 radical (unpaired) electrons. The van der Waals surface area contributed by atoms with Gasteiger partial charge in [-0.05, 0) is 36.2 Å². The summed E-state index contributed by atoms with van der Waals surface area (Å²) in [6, 6.07) is 11.1. The fourth-order valence-electron chi connectivity index (χ4n) is 1.84. The molecule has 0 aliphatic rings. The molecule has 0 unspecified atom stereocenters. The van der Waals surface area contributed by atoms with Crippen molar-refractivity contribution in [2.75, 3.05) is 11.9 Å². The molecule has 104 valence electrons. The van der Waals surface area contributed by atoms with Gasteiger partial charge in [-0.2, -0.15) is 0 Å². The van der Waals surface area contributed by atoms with Crippen LogP contribution in [0.3, 0.4) is 0 Å². The summed E-state index contributed by atoms with van der Waals surface area (Å²) in [6.07, 6.45) is 0.550. The zero-order chi connectivity index (χ0) is 14.5. The number of anilines is 1. The second-order valence-electron chi connectivity index (χ2n) is 4.30. The Labute approximate surface area is 116 Å². The Bertz CT molecular complexity index is 588. The number of aromatic hydroxyl groups is 2. The van der Waals surface area contributed by atoms with E-state index in [-0.39, 0.29) is 23.7 Å². The average molecular weight is 273 g/mol. The third kappa shape index (κ3) is 3.07. The Morgan fingerprint density at radius 2 is 1.60 bits per heavy atom. The van der Waals surface area contributed by atoms with Gasteiger partial charge in [0.05, 0.1) is 0 Å². The number of phenols is 2. The van der Waals surface area contributed by atoms with Crippen molar-refractivity contribution >= 4 is 11.6 Å². The summed E-state index contributed by atoms with van der Waals surface area (Å²) in [7, 11) is 0. The Hall–Kier alpha value is -2.53. The molecule has 2 aromatic carbocycles. The van der Waals surface area contributed by atoms with Gasteiger partial charge in [-0.25, -0.2) is 0 Å². The van der Waals surface area contributed by atoms with Crippen molar-refractivity contribution in [2.24, 2.45) is 0 Å². The third-order valence-corrected chi connectivity index (χ3v) is 2.86. The van der Waals surface area contributed by atoms with Crippen LogP contribution in [0.4, 0.5) is 5.69 Å². The van der Waals surface area contributed by atoms with Gasteiger partial charge in [0.15, 0.2) is 0 Å². The van der Waals surface area contributed by atoms with E-state index >= 15 is 0 Å². The Morgan fingerprint density at radius 3 is 2.15 bits per heavy atom. The van der Waals surface area contributed by atoms with E-state index in [4.69, 9.17) is 5.11 Å². The Balaban J connectivity index is 2.15. The molecule has 5 nitrogen and oxygen atoms in total. The number of aliphatic hydroxyl groups excluding tert-OH is 1. The Morgan fingerprint density at radius 1 is 1.00 bits per heavy atom. The molecule has 0 bridgehead atoms. The molecule has 0 heterocycles. The molecule has 5 heteroatoms. The van der Waals surface area contributed by atoms with Crippen molar-refractivity contribution in [1.82, 2.24) is 0 Å². The summed E-state index contributed by atoms with van der Waals surface area (Å²) in [6.45, 7) is 0.0669. The van der Waals surface area contributed by atoms with E-state index in [0.717, 1.165) is 5.56 Å². The van der Waals surface area contributed by atoms with Crippen molar-refractivity contribution in [3.63, 3.8) is 0 Å². The molecule has 0 atom stereocenters. The van der Waals surface area contributed by atoms with Gasteiger partial charge in [0.25, 0.3) is 5.91 Å². The van der Waals surface area contributed by atoms with Crippen molar-refractivity contribution in [2.45, 2.75) is 6.42 Å². The second kappa shape index (κ2) is 6.08. The van der Waals surface area contributed by atoms with E-state index in [1.165, 1.54) is 18.2 Å². The smallest absolute Gasteiger partial charge is 0.263 e. The fraction of sp³-hybridized carbons (Fsp3) is 0.133. The van der Waals surface area contributed by atoms with Crippen molar-refractivity contribution < 1.29 is 20.1 Å². The maximum absolute atomic E-state index is 12.0. The molecule has 0 spiro atoms. The van der Waals surface area contributed by atoms with Crippen LogP contribution in [-0.2, 0) is 6.42 Å². The van der Waals surface area contributed by atoms with Gasteiger partial charge in [-0.3, -0.25) is 4.79 Å². The third-order valence-electron chi connectivity index (χ3n) is 2.86. The van der Waals surface area contributed by atoms with E-state index < -0.39 is 5.91 Å². The average Bonchev–Trinajstić information content (AvgIpc) is 2.41. The van der Waals surface area contributed by atoms with Crippen LogP contribution < -0.4 is 5.32 Å². The number of carbonyl (C=O) groups excluding carboxylic acids is 1. The summed E-state index contributed by atoms with van der Waals surface area (Å²) in [5.74, 6) is -1.14. The number of benzene rings is 2. The van der Waals surface area contributed by atoms with Gasteiger partial charge >= 0.3 is 0 Å².